The molecule has 7 nitrogen and oxygen atoms in total. The second-order valence-electron chi connectivity index (χ2n) is 7.45. The quantitative estimate of drug-likeness (QED) is 0.737. The van der Waals surface area contributed by atoms with Gasteiger partial charge in [0.1, 0.15) is 5.69 Å². The Balaban J connectivity index is 1.66. The van der Waals surface area contributed by atoms with Crippen molar-refractivity contribution in [1.82, 2.24) is 15.6 Å². The van der Waals surface area contributed by atoms with Crippen LogP contribution in [0.4, 0.5) is 5.69 Å². The van der Waals surface area contributed by atoms with Gasteiger partial charge in [0.05, 0.1) is 6.42 Å². The van der Waals surface area contributed by atoms with Crippen LogP contribution >= 0.6 is 0 Å². The maximum absolute atomic E-state index is 12.6. The van der Waals surface area contributed by atoms with Crippen LogP contribution in [0.15, 0.2) is 30.3 Å². The van der Waals surface area contributed by atoms with E-state index in [-0.39, 0.29) is 29.5 Å². The largest absolute Gasteiger partial charge is 0.354 e. The summed E-state index contributed by atoms with van der Waals surface area (Å²) >= 11 is 0. The van der Waals surface area contributed by atoms with E-state index in [1.165, 1.54) is 13.1 Å². The average Bonchev–Trinajstić information content (AvgIpc) is 3.22. The molecule has 0 unspecified atom stereocenters. The number of rotatable bonds is 5. The van der Waals surface area contributed by atoms with Gasteiger partial charge in [0.25, 0.3) is 11.8 Å². The minimum atomic E-state index is -0.342. The molecule has 1 aromatic carbocycles. The maximum atomic E-state index is 12.6. The zero-order valence-electron chi connectivity index (χ0n) is 15.8. The summed E-state index contributed by atoms with van der Waals surface area (Å²) in [6.45, 7) is 2.09. The number of hydrogen-bond acceptors (Lipinski definition) is 4. The second-order valence-corrected chi connectivity index (χ2v) is 7.45. The first-order valence-corrected chi connectivity index (χ1v) is 9.39. The summed E-state index contributed by atoms with van der Waals surface area (Å²) in [7, 11) is 1.53. The van der Waals surface area contributed by atoms with Gasteiger partial charge in [-0.3, -0.25) is 14.4 Å². The molecule has 2 heterocycles. The van der Waals surface area contributed by atoms with Crippen molar-refractivity contribution in [2.75, 3.05) is 12.4 Å². The molecule has 1 aromatic heterocycles. The van der Waals surface area contributed by atoms with Gasteiger partial charge in [-0.25, -0.2) is 4.98 Å². The summed E-state index contributed by atoms with van der Waals surface area (Å²) < 4.78 is 0. The predicted octanol–water partition coefficient (Wildman–Crippen LogP) is 1.66. The lowest BCUT2D eigenvalue weighted by Gasteiger charge is -2.11. The molecule has 1 aliphatic carbocycles. The van der Waals surface area contributed by atoms with Gasteiger partial charge in [-0.05, 0) is 41.7 Å². The van der Waals surface area contributed by atoms with E-state index in [1.807, 2.05) is 18.2 Å². The van der Waals surface area contributed by atoms with Crippen LogP contribution in [-0.2, 0) is 17.6 Å². The van der Waals surface area contributed by atoms with Crippen LogP contribution in [0.25, 0.3) is 0 Å². The molecule has 4 rings (SSSR count). The molecule has 0 spiro atoms. The zero-order chi connectivity index (χ0) is 19.8. The SMILES string of the molecule is CNC(=O)c1cc(C(=O)N[C@H]2C[C@@H]2C)cc(Cc2cccc3c2CC(=O)N3)n1. The molecule has 0 bridgehead atoms. The molecular weight excluding hydrogens is 356 g/mol. The van der Waals surface area contributed by atoms with E-state index in [1.54, 1.807) is 6.07 Å². The van der Waals surface area contributed by atoms with Gasteiger partial charge in [-0.1, -0.05) is 19.1 Å². The van der Waals surface area contributed by atoms with E-state index in [9.17, 15) is 14.4 Å². The summed E-state index contributed by atoms with van der Waals surface area (Å²) in [6.07, 6.45) is 1.74. The van der Waals surface area contributed by atoms with Crippen molar-refractivity contribution in [3.63, 3.8) is 0 Å². The Morgan fingerprint density at radius 2 is 2.04 bits per heavy atom. The number of aromatic nitrogens is 1. The molecular formula is C21H22N4O3. The Hall–Kier alpha value is -3.22. The molecule has 0 saturated heterocycles. The van der Waals surface area contributed by atoms with Gasteiger partial charge >= 0.3 is 0 Å². The molecule has 144 valence electrons. The third-order valence-electron chi connectivity index (χ3n) is 5.28. The highest BCUT2D eigenvalue weighted by Gasteiger charge is 2.34. The Labute approximate surface area is 162 Å². The highest BCUT2D eigenvalue weighted by Crippen LogP contribution is 2.30. The fraction of sp³-hybridized carbons (Fsp3) is 0.333. The molecule has 2 aromatic rings. The highest BCUT2D eigenvalue weighted by molar-refractivity contribution is 6.00. The van der Waals surface area contributed by atoms with Gasteiger partial charge in [-0.2, -0.15) is 0 Å². The van der Waals surface area contributed by atoms with E-state index < -0.39 is 0 Å². The third-order valence-corrected chi connectivity index (χ3v) is 5.28. The smallest absolute Gasteiger partial charge is 0.269 e. The van der Waals surface area contributed by atoms with Crippen molar-refractivity contribution in [3.05, 3.63) is 58.4 Å². The number of fused-ring (bicyclic) bond motifs is 1. The van der Waals surface area contributed by atoms with Crippen LogP contribution in [0.2, 0.25) is 0 Å². The number of hydrogen-bond donors (Lipinski definition) is 3. The Morgan fingerprint density at radius 1 is 1.25 bits per heavy atom. The van der Waals surface area contributed by atoms with Crippen LogP contribution in [0, 0.1) is 5.92 Å². The lowest BCUT2D eigenvalue weighted by atomic mass is 9.99. The predicted molar refractivity (Wildman–Crippen MR) is 104 cm³/mol. The number of pyridine rings is 1. The van der Waals surface area contributed by atoms with Gasteiger partial charge in [0, 0.05) is 36.5 Å². The lowest BCUT2D eigenvalue weighted by Crippen LogP contribution is -2.28. The first-order chi connectivity index (χ1) is 13.4. The van der Waals surface area contributed by atoms with Crippen LogP contribution in [0.3, 0.4) is 0 Å². The monoisotopic (exact) mass is 378 g/mol. The van der Waals surface area contributed by atoms with Crippen molar-refractivity contribution in [2.24, 2.45) is 5.92 Å². The van der Waals surface area contributed by atoms with Gasteiger partial charge in [0.15, 0.2) is 0 Å². The standard InChI is InChI=1S/C21H22N4O3/c1-11-6-17(11)25-20(27)13-8-14(23-18(9-13)21(28)22-2)7-12-4-3-5-16-15(12)10-19(26)24-16/h3-5,8-9,11,17H,6-7,10H2,1-2H3,(H,22,28)(H,24,26)(H,25,27)/t11-,17-/m0/s1. The molecule has 7 heteroatoms. The van der Waals surface area contributed by atoms with Gasteiger partial charge in [0.2, 0.25) is 5.91 Å². The number of amides is 3. The minimum Gasteiger partial charge on any atom is -0.354 e. The zero-order valence-corrected chi connectivity index (χ0v) is 15.8. The molecule has 2 aliphatic rings. The van der Waals surface area contributed by atoms with Crippen molar-refractivity contribution in [1.29, 1.82) is 0 Å². The first-order valence-electron chi connectivity index (χ1n) is 9.39. The molecule has 3 N–H and O–H groups in total. The van der Waals surface area contributed by atoms with E-state index in [2.05, 4.69) is 27.9 Å². The van der Waals surface area contributed by atoms with E-state index in [0.29, 0.717) is 30.0 Å². The fourth-order valence-corrected chi connectivity index (χ4v) is 3.50. The third kappa shape index (κ3) is 3.60. The highest BCUT2D eigenvalue weighted by atomic mass is 16.2. The van der Waals surface area contributed by atoms with Crippen molar-refractivity contribution in [3.8, 4) is 0 Å². The summed E-state index contributed by atoms with van der Waals surface area (Å²) in [6, 6.07) is 9.13. The Bertz CT molecular complexity index is 986. The van der Waals surface area contributed by atoms with Gasteiger partial charge in [-0.15, -0.1) is 0 Å². The van der Waals surface area contributed by atoms with Crippen LogP contribution in [-0.4, -0.2) is 35.8 Å². The average molecular weight is 378 g/mol. The topological polar surface area (TPSA) is 100 Å². The number of nitrogens with one attached hydrogen (secondary N) is 3. The normalized spacial score (nSPS) is 19.6. The Morgan fingerprint density at radius 3 is 2.75 bits per heavy atom. The molecule has 28 heavy (non-hydrogen) atoms. The maximum Gasteiger partial charge on any atom is 0.269 e. The van der Waals surface area contributed by atoms with Gasteiger partial charge < -0.3 is 16.0 Å². The summed E-state index contributed by atoms with van der Waals surface area (Å²) in [5.41, 5.74) is 3.95. The molecule has 1 aliphatic heterocycles. The van der Waals surface area contributed by atoms with E-state index >= 15 is 0 Å². The van der Waals surface area contributed by atoms with Crippen LogP contribution < -0.4 is 16.0 Å². The summed E-state index contributed by atoms with van der Waals surface area (Å²) in [5, 5.41) is 8.38. The number of carbonyl (C=O) groups is 3. The molecule has 2 atom stereocenters. The number of anilines is 1. The van der Waals surface area contributed by atoms with Crippen LogP contribution in [0.5, 0.6) is 0 Å². The number of nitrogens with zero attached hydrogens (tertiary/aromatic N) is 1. The van der Waals surface area contributed by atoms with E-state index in [0.717, 1.165) is 23.2 Å². The molecule has 0 radical (unpaired) electrons. The molecule has 3 amide bonds. The van der Waals surface area contributed by atoms with Crippen molar-refractivity contribution >= 4 is 23.4 Å². The van der Waals surface area contributed by atoms with E-state index in [4.69, 9.17) is 0 Å². The molecule has 1 fully saturated rings. The van der Waals surface area contributed by atoms with Crippen molar-refractivity contribution < 1.29 is 14.4 Å². The first kappa shape index (κ1) is 18.2. The molecule has 1 saturated carbocycles. The summed E-state index contributed by atoms with van der Waals surface area (Å²) in [4.78, 5) is 40.9. The second kappa shape index (κ2) is 7.07. The van der Waals surface area contributed by atoms with Crippen LogP contribution in [0.1, 0.15) is 51.0 Å². The Kier molecular flexibility index (Phi) is 4.58. The lowest BCUT2D eigenvalue weighted by molar-refractivity contribution is -0.115. The van der Waals surface area contributed by atoms with Crippen molar-refractivity contribution in [2.45, 2.75) is 32.2 Å². The summed E-state index contributed by atoms with van der Waals surface area (Å²) in [5.74, 6) is -0.0853. The number of benzene rings is 1. The fourth-order valence-electron chi connectivity index (χ4n) is 3.50. The number of carbonyl (C=O) groups excluding carboxylic acids is 3. The minimum absolute atomic E-state index is 0.0341.